The van der Waals surface area contributed by atoms with Crippen LogP contribution in [0.25, 0.3) is 0 Å². The molecule has 2 aliphatic rings. The van der Waals surface area contributed by atoms with Gasteiger partial charge in [0.1, 0.15) is 25.2 Å². The molecule has 3 aromatic carbocycles. The summed E-state index contributed by atoms with van der Waals surface area (Å²) in [5.74, 6) is -3.29. The van der Waals surface area contributed by atoms with Crippen LogP contribution in [0.15, 0.2) is 66.7 Å². The summed E-state index contributed by atoms with van der Waals surface area (Å²) in [5.41, 5.74) is 8.18. The van der Waals surface area contributed by atoms with Crippen LogP contribution in [0.2, 0.25) is 5.02 Å². The number of hydrogen-bond acceptors (Lipinski definition) is 9. The van der Waals surface area contributed by atoms with Gasteiger partial charge in [0, 0.05) is 5.56 Å². The average Bonchev–Trinajstić information content (AvgIpc) is 3.35. The molecule has 0 aliphatic carbocycles. The van der Waals surface area contributed by atoms with E-state index < -0.39 is 61.1 Å². The molecule has 240 valence electrons. The Morgan fingerprint density at radius 2 is 1.74 bits per heavy atom. The number of esters is 1. The summed E-state index contributed by atoms with van der Waals surface area (Å²) in [5, 5.41) is 15.2. The third kappa shape index (κ3) is 7.12. The number of ether oxygens (including phenoxy) is 2. The highest BCUT2D eigenvalue weighted by Crippen LogP contribution is 2.33. The predicted molar refractivity (Wildman–Crippen MR) is 168 cm³/mol. The summed E-state index contributed by atoms with van der Waals surface area (Å²) >= 11 is 6.18. The van der Waals surface area contributed by atoms with Gasteiger partial charge < -0.3 is 35.8 Å². The molecule has 4 amide bonds. The molecule has 0 aromatic heterocycles. The van der Waals surface area contributed by atoms with E-state index in [-0.39, 0.29) is 41.5 Å². The van der Waals surface area contributed by atoms with Gasteiger partial charge >= 0.3 is 5.97 Å². The molecule has 0 spiro atoms. The molecule has 0 radical (unpaired) electrons. The third-order valence-electron chi connectivity index (χ3n) is 7.60. The first-order chi connectivity index (χ1) is 22.0. The van der Waals surface area contributed by atoms with Crippen molar-refractivity contribution in [2.24, 2.45) is 0 Å². The average molecular weight is 650 g/mol. The van der Waals surface area contributed by atoms with E-state index in [1.807, 2.05) is 30.3 Å². The van der Waals surface area contributed by atoms with Crippen LogP contribution in [0, 0.1) is 6.92 Å². The molecule has 46 heavy (non-hydrogen) atoms. The van der Waals surface area contributed by atoms with Crippen molar-refractivity contribution in [3.05, 3.63) is 88.4 Å². The fourth-order valence-corrected chi connectivity index (χ4v) is 5.53. The highest BCUT2D eigenvalue weighted by molar-refractivity contribution is 6.33. The van der Waals surface area contributed by atoms with Crippen LogP contribution in [0.1, 0.15) is 27.9 Å². The Morgan fingerprint density at radius 1 is 1.04 bits per heavy atom. The second-order valence-corrected chi connectivity index (χ2v) is 11.2. The van der Waals surface area contributed by atoms with Gasteiger partial charge in [0.2, 0.25) is 12.2 Å². The number of cyclic esters (lactones) is 1. The Labute approximate surface area is 269 Å². The molecule has 0 bridgehead atoms. The zero-order chi connectivity index (χ0) is 33.0. The molecule has 13 nitrogen and oxygen atoms in total. The maximum atomic E-state index is 14.0. The van der Waals surface area contributed by atoms with Gasteiger partial charge in [-0.2, -0.15) is 0 Å². The molecule has 0 saturated carbocycles. The largest absolute Gasteiger partial charge is 0.433 e. The fraction of sp³-hybridized carbons (Fsp3) is 0.281. The second-order valence-electron chi connectivity index (χ2n) is 10.8. The molecule has 2 heterocycles. The van der Waals surface area contributed by atoms with E-state index in [0.717, 1.165) is 10.5 Å². The lowest BCUT2D eigenvalue weighted by Crippen LogP contribution is -2.55. The number of para-hydroxylation sites is 2. The van der Waals surface area contributed by atoms with E-state index in [0.29, 0.717) is 11.3 Å². The number of aliphatic hydroxyl groups excluding tert-OH is 1. The molecule has 5 rings (SSSR count). The van der Waals surface area contributed by atoms with Crippen LogP contribution < -0.4 is 26.2 Å². The Balaban J connectivity index is 1.38. The number of aliphatic hydroxyl groups is 1. The molecule has 3 atom stereocenters. The number of nitrogen functional groups attached to an aromatic ring is 1. The van der Waals surface area contributed by atoms with Crippen LogP contribution in [-0.2, 0) is 35.3 Å². The van der Waals surface area contributed by atoms with Crippen molar-refractivity contribution < 1.29 is 38.6 Å². The van der Waals surface area contributed by atoms with Crippen LogP contribution in [0.4, 0.5) is 17.1 Å². The number of nitrogens with two attached hydrogens (primary N) is 1. The van der Waals surface area contributed by atoms with Gasteiger partial charge in [0.15, 0.2) is 0 Å². The lowest BCUT2D eigenvalue weighted by molar-refractivity contribution is -0.168. The molecule has 1 unspecified atom stereocenters. The van der Waals surface area contributed by atoms with E-state index >= 15 is 0 Å². The first-order valence-electron chi connectivity index (χ1n) is 14.4. The smallest absolute Gasteiger partial charge is 0.310 e. The fourth-order valence-electron chi connectivity index (χ4n) is 5.26. The molecule has 5 N–H and O–H groups in total. The number of anilines is 3. The van der Waals surface area contributed by atoms with Crippen LogP contribution in [-0.4, -0.2) is 72.8 Å². The number of carbonyl (C=O) groups excluding carboxylic acids is 5. The standard InChI is InChI=1S/C32H32ClN5O8/c1-18-11-20(12-21(33)29(18)34)30(43)36-23-14-37(27(41)16-39)24-9-5-6-10-25(24)38(31(23)44)15-26(40)35-22-13-28(42)46-32(22)45-17-19-7-3-2-4-8-19/h2-12,22-23,32,39H,13-17,34H2,1H3,(H,35,40)(H,36,43)/t22-,23-,32?/m0/s1. The van der Waals surface area contributed by atoms with Crippen molar-refractivity contribution in [1.29, 1.82) is 0 Å². The van der Waals surface area contributed by atoms with Crippen molar-refractivity contribution in [3.8, 4) is 0 Å². The van der Waals surface area contributed by atoms with Crippen molar-refractivity contribution in [2.45, 2.75) is 38.3 Å². The van der Waals surface area contributed by atoms with Crippen LogP contribution in [0.5, 0.6) is 0 Å². The van der Waals surface area contributed by atoms with Gasteiger partial charge in [-0.1, -0.05) is 54.1 Å². The van der Waals surface area contributed by atoms with Crippen molar-refractivity contribution >= 4 is 58.3 Å². The SMILES string of the molecule is Cc1cc(C(=O)N[C@H]2CN(C(=O)CO)c3ccccc3N(CC(=O)N[C@H]3CC(=O)OC3OCc3ccccc3)C2=O)cc(Cl)c1N. The number of amides is 4. The number of hydrogen-bond donors (Lipinski definition) is 4. The Kier molecular flexibility index (Phi) is 9.85. The number of benzene rings is 3. The predicted octanol–water partition coefficient (Wildman–Crippen LogP) is 1.68. The maximum absolute atomic E-state index is 14.0. The number of fused-ring (bicyclic) bond motifs is 1. The highest BCUT2D eigenvalue weighted by atomic mass is 35.5. The number of aryl methyl sites for hydroxylation is 1. The highest BCUT2D eigenvalue weighted by Gasteiger charge is 2.40. The molecule has 3 aromatic rings. The lowest BCUT2D eigenvalue weighted by Gasteiger charge is -2.26. The van der Waals surface area contributed by atoms with Crippen LogP contribution in [0.3, 0.4) is 0 Å². The molecule has 14 heteroatoms. The zero-order valence-corrected chi connectivity index (χ0v) is 25.5. The van der Waals surface area contributed by atoms with Crippen molar-refractivity contribution in [2.75, 3.05) is 35.2 Å². The Bertz CT molecular complexity index is 1650. The minimum atomic E-state index is -1.34. The molecule has 2 aliphatic heterocycles. The van der Waals surface area contributed by atoms with E-state index in [4.69, 9.17) is 26.8 Å². The summed E-state index contributed by atoms with van der Waals surface area (Å²) in [6.45, 7) is 0.0790. The number of nitrogens with zero attached hydrogens (tertiary/aromatic N) is 2. The summed E-state index contributed by atoms with van der Waals surface area (Å²) < 4.78 is 11.0. The van der Waals surface area contributed by atoms with Gasteiger partial charge in [-0.05, 0) is 42.3 Å². The van der Waals surface area contributed by atoms with E-state index in [2.05, 4.69) is 10.6 Å². The monoisotopic (exact) mass is 649 g/mol. The summed E-state index contributed by atoms with van der Waals surface area (Å²) in [6, 6.07) is 16.3. The quantitative estimate of drug-likeness (QED) is 0.198. The summed E-state index contributed by atoms with van der Waals surface area (Å²) in [6.07, 6.45) is -1.19. The minimum Gasteiger partial charge on any atom is -0.433 e. The van der Waals surface area contributed by atoms with Gasteiger partial charge in [0.25, 0.3) is 17.7 Å². The maximum Gasteiger partial charge on any atom is 0.310 e. The van der Waals surface area contributed by atoms with Crippen molar-refractivity contribution in [3.63, 3.8) is 0 Å². The van der Waals surface area contributed by atoms with Crippen molar-refractivity contribution in [1.82, 2.24) is 10.6 Å². The number of rotatable bonds is 9. The topological polar surface area (TPSA) is 181 Å². The summed E-state index contributed by atoms with van der Waals surface area (Å²) in [4.78, 5) is 68.1. The first-order valence-corrected chi connectivity index (χ1v) is 14.8. The van der Waals surface area contributed by atoms with E-state index in [1.54, 1.807) is 31.2 Å². The minimum absolute atomic E-state index is 0.128. The number of carbonyl (C=O) groups is 5. The Morgan fingerprint density at radius 3 is 2.43 bits per heavy atom. The normalized spacial score (nSPS) is 19.2. The molecular formula is C32H32ClN5O8. The van der Waals surface area contributed by atoms with Gasteiger partial charge in [0.05, 0.1) is 41.7 Å². The van der Waals surface area contributed by atoms with Gasteiger partial charge in [-0.15, -0.1) is 0 Å². The first kappa shape index (κ1) is 32.4. The zero-order valence-electron chi connectivity index (χ0n) is 24.8. The number of nitrogens with one attached hydrogen (secondary N) is 2. The molecule has 1 fully saturated rings. The second kappa shape index (κ2) is 14.0. The molecular weight excluding hydrogens is 618 g/mol. The van der Waals surface area contributed by atoms with Gasteiger partial charge in [-0.25, -0.2) is 0 Å². The van der Waals surface area contributed by atoms with Crippen LogP contribution >= 0.6 is 11.6 Å². The lowest BCUT2D eigenvalue weighted by atomic mass is 10.1. The number of halogens is 1. The van der Waals surface area contributed by atoms with E-state index in [9.17, 15) is 29.1 Å². The van der Waals surface area contributed by atoms with Gasteiger partial charge in [-0.3, -0.25) is 28.9 Å². The molecule has 1 saturated heterocycles. The third-order valence-corrected chi connectivity index (χ3v) is 7.91. The van der Waals surface area contributed by atoms with E-state index in [1.165, 1.54) is 17.0 Å². The Hall–Kier alpha value is -4.98. The summed E-state index contributed by atoms with van der Waals surface area (Å²) in [7, 11) is 0.